The molecule has 0 fully saturated rings. The molecule has 0 aliphatic heterocycles. The molecule has 0 bridgehead atoms. The van der Waals surface area contributed by atoms with Gasteiger partial charge in [0.15, 0.2) is 0 Å². The third-order valence-corrected chi connectivity index (χ3v) is 1.70. The van der Waals surface area contributed by atoms with Crippen molar-refractivity contribution in [2.75, 3.05) is 0 Å². The van der Waals surface area contributed by atoms with Gasteiger partial charge in [0, 0.05) is 6.07 Å². The summed E-state index contributed by atoms with van der Waals surface area (Å²) in [7, 11) is -4.46. The van der Waals surface area contributed by atoms with E-state index < -0.39 is 10.4 Å². The predicted octanol–water partition coefficient (Wildman–Crippen LogP) is 0.646. The van der Waals surface area contributed by atoms with Gasteiger partial charge < -0.3 is 4.18 Å². The van der Waals surface area contributed by atoms with Crippen molar-refractivity contribution in [3.63, 3.8) is 0 Å². The fourth-order valence-electron chi connectivity index (χ4n) is 0.864. The van der Waals surface area contributed by atoms with Gasteiger partial charge >= 0.3 is 10.4 Å². The van der Waals surface area contributed by atoms with Gasteiger partial charge in [-0.2, -0.15) is 13.5 Å². The van der Waals surface area contributed by atoms with Gasteiger partial charge in [-0.05, 0) is 13.8 Å². The van der Waals surface area contributed by atoms with Gasteiger partial charge in [-0.1, -0.05) is 0 Å². The maximum atomic E-state index is 10.4. The first-order valence-electron chi connectivity index (χ1n) is 3.60. The number of hydrogen-bond acceptors (Lipinski definition) is 4. The zero-order chi connectivity index (χ0) is 10.1. The summed E-state index contributed by atoms with van der Waals surface area (Å²) in [6.45, 7) is 3.62. The third kappa shape index (κ3) is 2.71. The van der Waals surface area contributed by atoms with Crippen LogP contribution in [0.5, 0.6) is 5.88 Å². The Morgan fingerprint density at radius 1 is 1.62 bits per heavy atom. The number of hydrogen-bond donors (Lipinski definition) is 1. The molecule has 13 heavy (non-hydrogen) atoms. The minimum atomic E-state index is -4.46. The third-order valence-electron chi connectivity index (χ3n) is 1.31. The molecule has 0 saturated heterocycles. The van der Waals surface area contributed by atoms with Crippen LogP contribution in [0.3, 0.4) is 0 Å². The van der Waals surface area contributed by atoms with Crippen LogP contribution in [0.15, 0.2) is 12.3 Å². The van der Waals surface area contributed by atoms with E-state index in [1.54, 1.807) is 0 Å². The summed E-state index contributed by atoms with van der Waals surface area (Å²) in [5, 5.41) is 3.82. The lowest BCUT2D eigenvalue weighted by Crippen LogP contribution is -2.12. The van der Waals surface area contributed by atoms with Crippen LogP contribution in [-0.2, 0) is 10.4 Å². The van der Waals surface area contributed by atoms with Crippen LogP contribution >= 0.6 is 0 Å². The highest BCUT2D eigenvalue weighted by Crippen LogP contribution is 2.16. The lowest BCUT2D eigenvalue weighted by atomic mass is 10.4. The van der Waals surface area contributed by atoms with E-state index in [-0.39, 0.29) is 11.9 Å². The summed E-state index contributed by atoms with van der Waals surface area (Å²) in [6.07, 6.45) is 1.39. The van der Waals surface area contributed by atoms with E-state index in [4.69, 9.17) is 4.55 Å². The van der Waals surface area contributed by atoms with Crippen LogP contribution in [-0.4, -0.2) is 22.8 Å². The lowest BCUT2D eigenvalue weighted by molar-refractivity contribution is 0.357. The summed E-state index contributed by atoms with van der Waals surface area (Å²) in [6, 6.07) is 1.32. The summed E-state index contributed by atoms with van der Waals surface area (Å²) < 4.78 is 34.7. The molecule has 0 spiro atoms. The Labute approximate surface area is 76.1 Å². The molecule has 0 aliphatic carbocycles. The summed E-state index contributed by atoms with van der Waals surface area (Å²) in [5.41, 5.74) is 0. The van der Waals surface area contributed by atoms with E-state index in [9.17, 15) is 8.42 Å². The molecule has 0 unspecified atom stereocenters. The Bertz CT molecular complexity index is 381. The minimum Gasteiger partial charge on any atom is -0.341 e. The Balaban J connectivity index is 2.96. The first-order valence-corrected chi connectivity index (χ1v) is 4.97. The van der Waals surface area contributed by atoms with Crippen LogP contribution < -0.4 is 4.18 Å². The highest BCUT2D eigenvalue weighted by Gasteiger charge is 2.13. The fraction of sp³-hybridized carbons (Fsp3) is 0.500. The SMILES string of the molecule is CC(C)n1nccc1OS(=O)(=O)O. The van der Waals surface area contributed by atoms with Crippen LogP contribution in [0, 0.1) is 0 Å². The van der Waals surface area contributed by atoms with Crippen LogP contribution in [0.25, 0.3) is 0 Å². The van der Waals surface area contributed by atoms with E-state index in [1.807, 2.05) is 13.8 Å². The van der Waals surface area contributed by atoms with Gasteiger partial charge in [0.25, 0.3) is 0 Å². The highest BCUT2D eigenvalue weighted by atomic mass is 32.3. The zero-order valence-corrected chi connectivity index (χ0v) is 8.02. The molecule has 74 valence electrons. The molecule has 0 aliphatic rings. The van der Waals surface area contributed by atoms with Crippen molar-refractivity contribution in [1.29, 1.82) is 0 Å². The molecule has 1 heterocycles. The average molecular weight is 206 g/mol. The molecule has 1 N–H and O–H groups in total. The van der Waals surface area contributed by atoms with Gasteiger partial charge in [-0.15, -0.1) is 0 Å². The molecule has 0 saturated carbocycles. The van der Waals surface area contributed by atoms with E-state index in [0.717, 1.165) is 0 Å². The number of aromatic nitrogens is 2. The number of rotatable bonds is 3. The molecule has 0 amide bonds. The molecule has 0 aromatic carbocycles. The second kappa shape index (κ2) is 3.35. The van der Waals surface area contributed by atoms with Crippen molar-refractivity contribution in [1.82, 2.24) is 9.78 Å². The van der Waals surface area contributed by atoms with Crippen molar-refractivity contribution >= 4 is 10.4 Å². The van der Waals surface area contributed by atoms with Gasteiger partial charge in [-0.3, -0.25) is 4.55 Å². The Hall–Kier alpha value is -1.08. The first kappa shape index (κ1) is 10.0. The highest BCUT2D eigenvalue weighted by molar-refractivity contribution is 7.81. The molecular weight excluding hydrogens is 196 g/mol. The molecule has 6 nitrogen and oxygen atoms in total. The average Bonchev–Trinajstić information content (AvgIpc) is 2.31. The van der Waals surface area contributed by atoms with Gasteiger partial charge in [0.05, 0.1) is 12.2 Å². The smallest absolute Gasteiger partial charge is 0.341 e. The zero-order valence-electron chi connectivity index (χ0n) is 7.21. The van der Waals surface area contributed by atoms with Gasteiger partial charge in [0.2, 0.25) is 5.88 Å². The molecule has 7 heteroatoms. The molecular formula is C6H10N2O4S. The molecule has 1 rings (SSSR count). The quantitative estimate of drug-likeness (QED) is 0.734. The molecule has 1 aromatic heterocycles. The van der Waals surface area contributed by atoms with Crippen molar-refractivity contribution < 1.29 is 17.2 Å². The van der Waals surface area contributed by atoms with Crippen molar-refractivity contribution in [2.24, 2.45) is 0 Å². The molecule has 0 radical (unpaired) electrons. The van der Waals surface area contributed by atoms with Crippen molar-refractivity contribution in [3.8, 4) is 5.88 Å². The fourth-order valence-corrected chi connectivity index (χ4v) is 1.21. The number of nitrogens with zero attached hydrogens (tertiary/aromatic N) is 2. The monoisotopic (exact) mass is 206 g/mol. The Kier molecular flexibility index (Phi) is 2.58. The van der Waals surface area contributed by atoms with Crippen LogP contribution in [0.2, 0.25) is 0 Å². The van der Waals surface area contributed by atoms with Gasteiger partial charge in [0.1, 0.15) is 0 Å². The standard InChI is InChI=1S/C6H10N2O4S/c1-5(2)8-6(3-4-7-8)12-13(9,10)11/h3-5H,1-2H3,(H,9,10,11). The maximum absolute atomic E-state index is 10.4. The van der Waals surface area contributed by atoms with E-state index in [1.165, 1.54) is 16.9 Å². The summed E-state index contributed by atoms with van der Waals surface area (Å²) >= 11 is 0. The topological polar surface area (TPSA) is 81.4 Å². The largest absolute Gasteiger partial charge is 0.447 e. The Morgan fingerprint density at radius 3 is 2.69 bits per heavy atom. The molecule has 1 aromatic rings. The second-order valence-electron chi connectivity index (χ2n) is 2.72. The summed E-state index contributed by atoms with van der Waals surface area (Å²) in [5.74, 6) is -0.00231. The van der Waals surface area contributed by atoms with Gasteiger partial charge in [-0.25, -0.2) is 4.68 Å². The lowest BCUT2D eigenvalue weighted by Gasteiger charge is -2.08. The summed E-state index contributed by atoms with van der Waals surface area (Å²) in [4.78, 5) is 0. The molecule has 0 atom stereocenters. The first-order chi connectivity index (χ1) is 5.90. The second-order valence-corrected chi connectivity index (χ2v) is 3.74. The van der Waals surface area contributed by atoms with Crippen molar-refractivity contribution in [2.45, 2.75) is 19.9 Å². The van der Waals surface area contributed by atoms with Crippen LogP contribution in [0.4, 0.5) is 0 Å². The van der Waals surface area contributed by atoms with E-state index >= 15 is 0 Å². The normalized spacial score (nSPS) is 12.0. The minimum absolute atomic E-state index is 0.00231. The van der Waals surface area contributed by atoms with Crippen molar-refractivity contribution in [3.05, 3.63) is 12.3 Å². The van der Waals surface area contributed by atoms with Crippen LogP contribution in [0.1, 0.15) is 19.9 Å². The van der Waals surface area contributed by atoms with E-state index in [2.05, 4.69) is 9.28 Å². The van der Waals surface area contributed by atoms with E-state index in [0.29, 0.717) is 0 Å². The maximum Gasteiger partial charge on any atom is 0.447 e. The predicted molar refractivity (Wildman–Crippen MR) is 44.8 cm³/mol. The Morgan fingerprint density at radius 2 is 2.23 bits per heavy atom.